The molecule has 1 heterocycles. The van der Waals surface area contributed by atoms with Crippen molar-refractivity contribution in [1.29, 1.82) is 0 Å². The summed E-state index contributed by atoms with van der Waals surface area (Å²) >= 11 is 5.95. The lowest BCUT2D eigenvalue weighted by Crippen LogP contribution is -2.21. The van der Waals surface area contributed by atoms with Crippen molar-refractivity contribution in [1.82, 2.24) is 0 Å². The second-order valence-corrected chi connectivity index (χ2v) is 3.88. The number of nitrogens with zero attached hydrogens (tertiary/aromatic N) is 1. The van der Waals surface area contributed by atoms with Gasteiger partial charge in [-0.1, -0.05) is 17.7 Å². The number of aliphatic hydroxyl groups is 1. The van der Waals surface area contributed by atoms with Crippen molar-refractivity contribution in [3.05, 3.63) is 23.2 Å². The number of hydrogen-bond donors (Lipinski definition) is 2. The van der Waals surface area contributed by atoms with Crippen LogP contribution in [0, 0.1) is 0 Å². The zero-order chi connectivity index (χ0) is 10.1. The second-order valence-electron chi connectivity index (χ2n) is 3.50. The molecule has 0 amide bonds. The summed E-state index contributed by atoms with van der Waals surface area (Å²) in [5.41, 5.74) is 0.795. The van der Waals surface area contributed by atoms with Crippen LogP contribution in [0.25, 0.3) is 0 Å². The van der Waals surface area contributed by atoms with Gasteiger partial charge >= 0.3 is 0 Å². The van der Waals surface area contributed by atoms with Crippen LogP contribution in [0.15, 0.2) is 18.2 Å². The molecule has 3 nitrogen and oxygen atoms in total. The van der Waals surface area contributed by atoms with Crippen LogP contribution in [0.1, 0.15) is 6.42 Å². The van der Waals surface area contributed by atoms with Crippen LogP contribution in [0.4, 0.5) is 5.69 Å². The molecule has 1 aromatic carbocycles. The summed E-state index contributed by atoms with van der Waals surface area (Å²) < 4.78 is 0. The van der Waals surface area contributed by atoms with E-state index in [0.29, 0.717) is 11.6 Å². The maximum Gasteiger partial charge on any atom is 0.136 e. The summed E-state index contributed by atoms with van der Waals surface area (Å²) in [6, 6.07) is 5.15. The fourth-order valence-electron chi connectivity index (χ4n) is 1.71. The van der Waals surface area contributed by atoms with Crippen molar-refractivity contribution in [3.63, 3.8) is 0 Å². The molecule has 2 N–H and O–H groups in total. The van der Waals surface area contributed by atoms with Crippen LogP contribution in [-0.2, 0) is 0 Å². The molecule has 1 unspecified atom stereocenters. The number of aromatic hydroxyl groups is 1. The Morgan fingerprint density at radius 2 is 2.21 bits per heavy atom. The summed E-state index contributed by atoms with van der Waals surface area (Å²) in [5.74, 6) is 0.0885. The van der Waals surface area contributed by atoms with Crippen LogP contribution in [0.3, 0.4) is 0 Å². The highest BCUT2D eigenvalue weighted by molar-refractivity contribution is 6.34. The van der Waals surface area contributed by atoms with Gasteiger partial charge in [-0.25, -0.2) is 0 Å². The van der Waals surface area contributed by atoms with Gasteiger partial charge in [-0.15, -0.1) is 0 Å². The van der Waals surface area contributed by atoms with Crippen LogP contribution in [-0.4, -0.2) is 29.4 Å². The Kier molecular flexibility index (Phi) is 2.52. The molecular formula is C10H12ClNO2. The number of hydrogen-bond acceptors (Lipinski definition) is 3. The lowest BCUT2D eigenvalue weighted by Gasteiger charge is -2.19. The van der Waals surface area contributed by atoms with Gasteiger partial charge < -0.3 is 15.1 Å². The molecule has 1 saturated heterocycles. The Balaban J connectivity index is 2.28. The average Bonchev–Trinajstić information content (AvgIpc) is 2.57. The highest BCUT2D eigenvalue weighted by atomic mass is 35.5. The highest BCUT2D eigenvalue weighted by Gasteiger charge is 2.22. The number of phenols is 1. The van der Waals surface area contributed by atoms with Gasteiger partial charge in [-0.05, 0) is 18.6 Å². The maximum atomic E-state index is 9.41. The van der Waals surface area contributed by atoms with Crippen molar-refractivity contribution in [2.24, 2.45) is 0 Å². The van der Waals surface area contributed by atoms with Gasteiger partial charge in [0.1, 0.15) is 10.8 Å². The molecule has 0 radical (unpaired) electrons. The summed E-state index contributed by atoms with van der Waals surface area (Å²) in [4.78, 5) is 1.98. The van der Waals surface area contributed by atoms with Crippen molar-refractivity contribution < 1.29 is 10.2 Å². The van der Waals surface area contributed by atoms with E-state index in [1.807, 2.05) is 11.0 Å². The standard InChI is InChI=1S/C10H12ClNO2/c11-10-8(2-1-3-9(10)14)12-5-4-7(13)6-12/h1-3,7,13-14H,4-6H2. The minimum atomic E-state index is -0.284. The predicted octanol–water partition coefficient (Wildman–Crippen LogP) is 1.62. The van der Waals surface area contributed by atoms with E-state index in [9.17, 15) is 10.2 Å². The number of β-amino-alcohol motifs (C(OH)–C–C–N with tert-alkyl or cyclic N) is 1. The number of anilines is 1. The van der Waals surface area contributed by atoms with Crippen molar-refractivity contribution >= 4 is 17.3 Å². The van der Waals surface area contributed by atoms with E-state index >= 15 is 0 Å². The second kappa shape index (κ2) is 3.67. The van der Waals surface area contributed by atoms with E-state index in [1.54, 1.807) is 12.1 Å². The predicted molar refractivity (Wildman–Crippen MR) is 56.0 cm³/mol. The third-order valence-electron chi connectivity index (χ3n) is 2.46. The monoisotopic (exact) mass is 213 g/mol. The van der Waals surface area contributed by atoms with Crippen LogP contribution < -0.4 is 4.90 Å². The lowest BCUT2D eigenvalue weighted by atomic mass is 10.3. The summed E-state index contributed by atoms with van der Waals surface area (Å²) in [6.45, 7) is 1.37. The van der Waals surface area contributed by atoms with Gasteiger partial charge in [-0.3, -0.25) is 0 Å². The Morgan fingerprint density at radius 1 is 1.43 bits per heavy atom. The van der Waals surface area contributed by atoms with Crippen molar-refractivity contribution in [2.75, 3.05) is 18.0 Å². The molecule has 14 heavy (non-hydrogen) atoms. The Bertz CT molecular complexity index is 343. The molecular weight excluding hydrogens is 202 g/mol. The zero-order valence-electron chi connectivity index (χ0n) is 7.65. The van der Waals surface area contributed by atoms with Crippen molar-refractivity contribution in [3.8, 4) is 5.75 Å². The number of rotatable bonds is 1. The first-order valence-electron chi connectivity index (χ1n) is 4.59. The zero-order valence-corrected chi connectivity index (χ0v) is 8.41. The molecule has 4 heteroatoms. The van der Waals surface area contributed by atoms with E-state index in [-0.39, 0.29) is 11.9 Å². The highest BCUT2D eigenvalue weighted by Crippen LogP contribution is 2.34. The first kappa shape index (κ1) is 9.62. The molecule has 1 fully saturated rings. The molecule has 1 atom stereocenters. The third-order valence-corrected chi connectivity index (χ3v) is 2.85. The molecule has 1 aliphatic heterocycles. The van der Waals surface area contributed by atoms with Gasteiger partial charge in [0.25, 0.3) is 0 Å². The topological polar surface area (TPSA) is 43.7 Å². The van der Waals surface area contributed by atoms with Gasteiger partial charge in [-0.2, -0.15) is 0 Å². The SMILES string of the molecule is Oc1cccc(N2CCC(O)C2)c1Cl. The molecule has 0 aromatic heterocycles. The van der Waals surface area contributed by atoms with Crippen LogP contribution >= 0.6 is 11.6 Å². The van der Waals surface area contributed by atoms with Gasteiger partial charge in [0.2, 0.25) is 0 Å². The molecule has 2 rings (SSSR count). The molecule has 0 spiro atoms. The first-order valence-corrected chi connectivity index (χ1v) is 4.97. The molecule has 1 aromatic rings. The van der Waals surface area contributed by atoms with E-state index in [2.05, 4.69) is 0 Å². The van der Waals surface area contributed by atoms with Crippen LogP contribution in [0.5, 0.6) is 5.75 Å². The Morgan fingerprint density at radius 3 is 2.86 bits per heavy atom. The smallest absolute Gasteiger partial charge is 0.136 e. The Hall–Kier alpha value is -0.930. The van der Waals surface area contributed by atoms with E-state index in [4.69, 9.17) is 11.6 Å². The third kappa shape index (κ3) is 1.65. The fourth-order valence-corrected chi connectivity index (χ4v) is 1.96. The summed E-state index contributed by atoms with van der Waals surface area (Å²) in [5, 5.41) is 19.1. The number of halogens is 1. The number of phenolic OH excluding ortho intramolecular Hbond substituents is 1. The van der Waals surface area contributed by atoms with Gasteiger partial charge in [0.15, 0.2) is 0 Å². The molecule has 0 saturated carbocycles. The van der Waals surface area contributed by atoms with E-state index in [1.165, 1.54) is 0 Å². The minimum absolute atomic E-state index is 0.0885. The molecule has 0 bridgehead atoms. The lowest BCUT2D eigenvalue weighted by molar-refractivity contribution is 0.198. The van der Waals surface area contributed by atoms with Crippen LogP contribution in [0.2, 0.25) is 5.02 Å². The van der Waals surface area contributed by atoms with Gasteiger partial charge in [0.05, 0.1) is 11.8 Å². The minimum Gasteiger partial charge on any atom is -0.506 e. The fraction of sp³-hybridized carbons (Fsp3) is 0.400. The normalized spacial score (nSPS) is 21.6. The van der Waals surface area contributed by atoms with E-state index < -0.39 is 0 Å². The quantitative estimate of drug-likeness (QED) is 0.745. The van der Waals surface area contributed by atoms with Crippen molar-refractivity contribution in [2.45, 2.75) is 12.5 Å². The van der Waals surface area contributed by atoms with Gasteiger partial charge in [0, 0.05) is 13.1 Å². The number of benzene rings is 1. The maximum absolute atomic E-state index is 9.41. The largest absolute Gasteiger partial charge is 0.506 e. The first-order chi connectivity index (χ1) is 6.68. The number of aliphatic hydroxyl groups excluding tert-OH is 1. The summed E-state index contributed by atoms with van der Waals surface area (Å²) in [7, 11) is 0. The average molecular weight is 214 g/mol. The molecule has 1 aliphatic rings. The molecule has 0 aliphatic carbocycles. The Labute approximate surface area is 87.5 Å². The summed E-state index contributed by atoms with van der Waals surface area (Å²) in [6.07, 6.45) is 0.472. The van der Waals surface area contributed by atoms with E-state index in [0.717, 1.165) is 18.7 Å². The molecule has 76 valence electrons.